The van der Waals surface area contributed by atoms with Crippen LogP contribution in [-0.4, -0.2) is 5.91 Å². The van der Waals surface area contributed by atoms with E-state index in [4.69, 9.17) is 11.6 Å². The van der Waals surface area contributed by atoms with Gasteiger partial charge in [-0.05, 0) is 24.3 Å². The maximum absolute atomic E-state index is 13.5. The molecule has 1 N–H and O–H groups in total. The van der Waals surface area contributed by atoms with Crippen LogP contribution in [0.2, 0.25) is 5.02 Å². The zero-order valence-corrected chi connectivity index (χ0v) is 11.9. The summed E-state index contributed by atoms with van der Waals surface area (Å²) in [6, 6.07) is 11.2. The third-order valence-corrected chi connectivity index (χ3v) is 4.70. The van der Waals surface area contributed by atoms with Gasteiger partial charge >= 0.3 is 0 Å². The van der Waals surface area contributed by atoms with Gasteiger partial charge in [-0.15, -0.1) is 0 Å². The van der Waals surface area contributed by atoms with E-state index >= 15 is 0 Å². The smallest absolute Gasteiger partial charge is 0.250 e. The highest BCUT2D eigenvalue weighted by molar-refractivity contribution is 9.10. The third kappa shape index (κ3) is 1.78. The fourth-order valence-electron chi connectivity index (χ4n) is 2.25. The molecule has 0 radical (unpaired) electrons. The Bertz CT molecular complexity index is 691. The van der Waals surface area contributed by atoms with Gasteiger partial charge in [-0.2, -0.15) is 0 Å². The van der Waals surface area contributed by atoms with Gasteiger partial charge in [0.25, 0.3) is 5.91 Å². The van der Waals surface area contributed by atoms with Crippen LogP contribution in [0.1, 0.15) is 11.1 Å². The molecule has 1 amide bonds. The van der Waals surface area contributed by atoms with Gasteiger partial charge in [0.05, 0.1) is 0 Å². The third-order valence-electron chi connectivity index (χ3n) is 3.16. The van der Waals surface area contributed by atoms with Gasteiger partial charge in [0, 0.05) is 21.8 Å². The Morgan fingerprint density at radius 2 is 1.89 bits per heavy atom. The number of rotatable bonds is 1. The standard InChI is InChI=1S/C14H8BrClFNO/c15-14(9-3-1-2-4-11(9)16)10-7-8(17)5-6-12(10)18-13(14)19/h1-7H,(H,18,19). The van der Waals surface area contributed by atoms with Crippen LogP contribution in [-0.2, 0) is 9.12 Å². The fourth-order valence-corrected chi connectivity index (χ4v) is 3.41. The number of nitrogens with one attached hydrogen (secondary N) is 1. The number of alkyl halides is 1. The van der Waals surface area contributed by atoms with Crippen LogP contribution in [0.5, 0.6) is 0 Å². The van der Waals surface area contributed by atoms with Gasteiger partial charge in [-0.1, -0.05) is 45.7 Å². The zero-order valence-electron chi connectivity index (χ0n) is 9.58. The van der Waals surface area contributed by atoms with Crippen LogP contribution in [0, 0.1) is 5.82 Å². The molecule has 19 heavy (non-hydrogen) atoms. The fraction of sp³-hybridized carbons (Fsp3) is 0.0714. The highest BCUT2D eigenvalue weighted by atomic mass is 79.9. The van der Waals surface area contributed by atoms with Gasteiger partial charge in [0.2, 0.25) is 0 Å². The average molecular weight is 341 g/mol. The first kappa shape index (κ1) is 12.6. The topological polar surface area (TPSA) is 29.1 Å². The number of anilines is 1. The molecule has 2 aromatic rings. The van der Waals surface area contributed by atoms with Crippen LogP contribution >= 0.6 is 27.5 Å². The Hall–Kier alpha value is -1.39. The maximum Gasteiger partial charge on any atom is 0.250 e. The molecule has 0 aromatic heterocycles. The molecule has 0 spiro atoms. The Balaban J connectivity index is 2.28. The van der Waals surface area contributed by atoms with E-state index in [0.717, 1.165) is 0 Å². The van der Waals surface area contributed by atoms with Gasteiger partial charge in [0.15, 0.2) is 4.32 Å². The molecular weight excluding hydrogens is 333 g/mol. The van der Waals surface area contributed by atoms with Crippen molar-refractivity contribution in [2.75, 3.05) is 5.32 Å². The summed E-state index contributed by atoms with van der Waals surface area (Å²) in [7, 11) is 0. The van der Waals surface area contributed by atoms with Gasteiger partial charge in [0.1, 0.15) is 5.82 Å². The predicted molar refractivity (Wildman–Crippen MR) is 76.2 cm³/mol. The minimum atomic E-state index is -1.15. The molecule has 0 saturated heterocycles. The number of carbonyl (C=O) groups is 1. The molecule has 1 heterocycles. The van der Waals surface area contributed by atoms with Crippen molar-refractivity contribution in [3.8, 4) is 0 Å². The summed E-state index contributed by atoms with van der Waals surface area (Å²) in [5.41, 5.74) is 1.72. The molecule has 3 rings (SSSR count). The number of hydrogen-bond donors (Lipinski definition) is 1. The van der Waals surface area contributed by atoms with E-state index in [1.54, 1.807) is 30.3 Å². The van der Waals surface area contributed by atoms with Crippen LogP contribution in [0.3, 0.4) is 0 Å². The Morgan fingerprint density at radius 1 is 1.16 bits per heavy atom. The normalized spacial score (nSPS) is 21.1. The lowest BCUT2D eigenvalue weighted by Gasteiger charge is -2.21. The van der Waals surface area contributed by atoms with Gasteiger partial charge in [-0.3, -0.25) is 4.79 Å². The van der Waals surface area contributed by atoms with E-state index in [-0.39, 0.29) is 5.91 Å². The molecule has 1 aliphatic rings. The summed E-state index contributed by atoms with van der Waals surface area (Å²) in [5.74, 6) is -0.674. The molecule has 2 aromatic carbocycles. The summed E-state index contributed by atoms with van der Waals surface area (Å²) < 4.78 is 12.3. The van der Waals surface area contributed by atoms with E-state index in [1.807, 2.05) is 0 Å². The number of hydrogen-bond acceptors (Lipinski definition) is 1. The van der Waals surface area contributed by atoms with Crippen molar-refractivity contribution in [1.82, 2.24) is 0 Å². The van der Waals surface area contributed by atoms with Crippen LogP contribution in [0.4, 0.5) is 10.1 Å². The van der Waals surface area contributed by atoms with Gasteiger partial charge in [-0.25, -0.2) is 4.39 Å². The molecule has 1 atom stereocenters. The lowest BCUT2D eigenvalue weighted by molar-refractivity contribution is -0.116. The summed E-state index contributed by atoms with van der Waals surface area (Å²) in [4.78, 5) is 12.3. The van der Waals surface area contributed by atoms with Crippen molar-refractivity contribution in [3.63, 3.8) is 0 Å². The van der Waals surface area contributed by atoms with Crippen molar-refractivity contribution in [1.29, 1.82) is 0 Å². The first-order valence-corrected chi connectivity index (χ1v) is 6.76. The van der Waals surface area contributed by atoms with E-state index in [0.29, 0.717) is 21.8 Å². The second-order valence-electron chi connectivity index (χ2n) is 4.28. The Kier molecular flexibility index (Phi) is 2.87. The van der Waals surface area contributed by atoms with Crippen molar-refractivity contribution in [2.24, 2.45) is 0 Å². The summed E-state index contributed by atoms with van der Waals surface area (Å²) in [6.07, 6.45) is 0. The van der Waals surface area contributed by atoms with E-state index in [2.05, 4.69) is 21.2 Å². The molecular formula is C14H8BrClFNO. The van der Waals surface area contributed by atoms with Gasteiger partial charge < -0.3 is 5.32 Å². The highest BCUT2D eigenvalue weighted by Gasteiger charge is 2.47. The van der Waals surface area contributed by atoms with Crippen LogP contribution in [0.25, 0.3) is 0 Å². The average Bonchev–Trinajstić information content (AvgIpc) is 2.64. The summed E-state index contributed by atoms with van der Waals surface area (Å²) in [5, 5.41) is 3.18. The molecule has 1 aliphatic heterocycles. The second kappa shape index (κ2) is 4.32. The van der Waals surface area contributed by atoms with Crippen LogP contribution in [0.15, 0.2) is 42.5 Å². The van der Waals surface area contributed by atoms with Crippen LogP contribution < -0.4 is 5.32 Å². The van der Waals surface area contributed by atoms with E-state index < -0.39 is 10.1 Å². The maximum atomic E-state index is 13.5. The molecule has 0 bridgehead atoms. The minimum Gasteiger partial charge on any atom is -0.324 e. The van der Waals surface area contributed by atoms with E-state index in [1.165, 1.54) is 12.1 Å². The summed E-state index contributed by atoms with van der Waals surface area (Å²) >= 11 is 9.60. The lowest BCUT2D eigenvalue weighted by Crippen LogP contribution is -2.29. The number of benzene rings is 2. The lowest BCUT2D eigenvalue weighted by atomic mass is 9.92. The Morgan fingerprint density at radius 3 is 2.63 bits per heavy atom. The van der Waals surface area contributed by atoms with Crippen molar-refractivity contribution >= 4 is 39.1 Å². The molecule has 0 fully saturated rings. The largest absolute Gasteiger partial charge is 0.324 e. The minimum absolute atomic E-state index is 0.277. The van der Waals surface area contributed by atoms with E-state index in [9.17, 15) is 9.18 Å². The number of fused-ring (bicyclic) bond motifs is 1. The predicted octanol–water partition coefficient (Wildman–Crippen LogP) is 4.07. The SMILES string of the molecule is O=C1Nc2ccc(F)cc2C1(Br)c1ccccc1Cl. The number of carbonyl (C=O) groups excluding carboxylic acids is 1. The molecule has 0 saturated carbocycles. The molecule has 1 unspecified atom stereocenters. The van der Waals surface area contributed by atoms with Crippen molar-refractivity contribution in [2.45, 2.75) is 4.32 Å². The molecule has 96 valence electrons. The Labute approximate surface area is 122 Å². The first-order valence-electron chi connectivity index (χ1n) is 5.59. The summed E-state index contributed by atoms with van der Waals surface area (Å²) in [6.45, 7) is 0. The quantitative estimate of drug-likeness (QED) is 0.779. The molecule has 0 aliphatic carbocycles. The van der Waals surface area contributed by atoms with Crippen molar-refractivity contribution < 1.29 is 9.18 Å². The molecule has 2 nitrogen and oxygen atoms in total. The number of amides is 1. The zero-order chi connectivity index (χ0) is 13.6. The van der Waals surface area contributed by atoms with Crippen molar-refractivity contribution in [3.05, 3.63) is 64.4 Å². The first-order chi connectivity index (χ1) is 9.03. The molecule has 5 heteroatoms. The second-order valence-corrected chi connectivity index (χ2v) is 5.88. The monoisotopic (exact) mass is 339 g/mol. The number of halogens is 3. The highest BCUT2D eigenvalue weighted by Crippen LogP contribution is 2.49.